The standard InChI is InChI=1S/C28H18N2O3/c1-32-18-11-13-19(14-12-18)33-28(31)17-10-15-24-25(16-17)30-27-23-9-5-3-7-21(23)20-6-2-4-8-22(20)26(27)29-24/h2-16H,1H3. The lowest BCUT2D eigenvalue weighted by Crippen LogP contribution is -2.08. The predicted octanol–water partition coefficient (Wildman–Crippen LogP) is 6.32. The fourth-order valence-corrected chi connectivity index (χ4v) is 4.22. The summed E-state index contributed by atoms with van der Waals surface area (Å²) in [5, 5.41) is 4.37. The molecule has 33 heavy (non-hydrogen) atoms. The fraction of sp³-hybridized carbons (Fsp3) is 0.0357. The average Bonchev–Trinajstić information content (AvgIpc) is 2.88. The molecule has 0 saturated carbocycles. The normalized spacial score (nSPS) is 11.3. The smallest absolute Gasteiger partial charge is 0.343 e. The number of carbonyl (C=O) groups excluding carboxylic acids is 1. The van der Waals surface area contributed by atoms with Gasteiger partial charge >= 0.3 is 5.97 Å². The van der Waals surface area contributed by atoms with Crippen molar-refractivity contribution in [3.05, 3.63) is 96.6 Å². The van der Waals surface area contributed by atoms with Crippen molar-refractivity contribution in [1.29, 1.82) is 0 Å². The molecule has 1 aromatic heterocycles. The fourth-order valence-electron chi connectivity index (χ4n) is 4.22. The first-order chi connectivity index (χ1) is 16.2. The van der Waals surface area contributed by atoms with Crippen LogP contribution < -0.4 is 9.47 Å². The van der Waals surface area contributed by atoms with Crippen LogP contribution in [0.4, 0.5) is 0 Å². The number of methoxy groups -OCH3 is 1. The molecule has 5 aromatic carbocycles. The zero-order valence-electron chi connectivity index (χ0n) is 17.8. The lowest BCUT2D eigenvalue weighted by molar-refractivity contribution is 0.0735. The van der Waals surface area contributed by atoms with Gasteiger partial charge in [0, 0.05) is 10.8 Å². The molecule has 0 fully saturated rings. The number of ether oxygens (including phenoxy) is 2. The Labute approximate surface area is 189 Å². The van der Waals surface area contributed by atoms with Crippen molar-refractivity contribution >= 4 is 49.6 Å². The van der Waals surface area contributed by atoms with Gasteiger partial charge in [-0.15, -0.1) is 0 Å². The van der Waals surface area contributed by atoms with E-state index in [2.05, 4.69) is 24.3 Å². The third kappa shape index (κ3) is 3.22. The molecule has 6 aromatic rings. The van der Waals surface area contributed by atoms with Crippen LogP contribution in [-0.4, -0.2) is 23.0 Å². The molecular weight excluding hydrogens is 412 g/mol. The molecule has 6 rings (SSSR count). The monoisotopic (exact) mass is 430 g/mol. The SMILES string of the molecule is COc1ccc(OC(=O)c2ccc3nc4c5ccccc5c5ccccc5c4nc3c2)cc1. The molecular formula is C28H18N2O3. The quantitative estimate of drug-likeness (QED) is 0.142. The molecule has 5 nitrogen and oxygen atoms in total. The van der Waals surface area contributed by atoms with E-state index in [4.69, 9.17) is 19.4 Å². The van der Waals surface area contributed by atoms with Crippen LogP contribution in [0.3, 0.4) is 0 Å². The Hall–Kier alpha value is -4.51. The Morgan fingerprint density at radius 2 is 1.18 bits per heavy atom. The Bertz CT molecular complexity index is 1690. The Morgan fingerprint density at radius 3 is 1.79 bits per heavy atom. The number of esters is 1. The van der Waals surface area contributed by atoms with Crippen LogP contribution in [0.15, 0.2) is 91.0 Å². The van der Waals surface area contributed by atoms with E-state index in [1.807, 2.05) is 30.3 Å². The van der Waals surface area contributed by atoms with Crippen molar-refractivity contribution in [3.8, 4) is 11.5 Å². The first-order valence-corrected chi connectivity index (χ1v) is 10.6. The van der Waals surface area contributed by atoms with Gasteiger partial charge in [0.25, 0.3) is 0 Å². The van der Waals surface area contributed by atoms with Gasteiger partial charge in [0.05, 0.1) is 34.7 Å². The molecule has 0 spiro atoms. The highest BCUT2D eigenvalue weighted by molar-refractivity contribution is 6.23. The van der Waals surface area contributed by atoms with Crippen LogP contribution in [-0.2, 0) is 0 Å². The molecule has 0 N–H and O–H groups in total. The van der Waals surface area contributed by atoms with Crippen molar-refractivity contribution < 1.29 is 14.3 Å². The van der Waals surface area contributed by atoms with Gasteiger partial charge in [0.1, 0.15) is 11.5 Å². The number of carbonyl (C=O) groups is 1. The van der Waals surface area contributed by atoms with Gasteiger partial charge in [-0.2, -0.15) is 0 Å². The van der Waals surface area contributed by atoms with E-state index in [-0.39, 0.29) is 0 Å². The molecule has 0 aliphatic heterocycles. The summed E-state index contributed by atoms with van der Waals surface area (Å²) in [5.74, 6) is 0.692. The Kier molecular flexibility index (Phi) is 4.40. The molecule has 0 atom stereocenters. The van der Waals surface area contributed by atoms with E-state index >= 15 is 0 Å². The van der Waals surface area contributed by atoms with Crippen molar-refractivity contribution in [1.82, 2.24) is 9.97 Å². The van der Waals surface area contributed by atoms with Gasteiger partial charge in [0.2, 0.25) is 0 Å². The number of hydrogen-bond acceptors (Lipinski definition) is 5. The highest BCUT2D eigenvalue weighted by atomic mass is 16.5. The lowest BCUT2D eigenvalue weighted by atomic mass is 9.99. The molecule has 0 amide bonds. The molecule has 5 heteroatoms. The molecule has 0 aliphatic rings. The topological polar surface area (TPSA) is 61.3 Å². The summed E-state index contributed by atoms with van der Waals surface area (Å²) in [6, 6.07) is 28.6. The van der Waals surface area contributed by atoms with Gasteiger partial charge in [-0.05, 0) is 53.2 Å². The van der Waals surface area contributed by atoms with Gasteiger partial charge in [-0.3, -0.25) is 0 Å². The van der Waals surface area contributed by atoms with Gasteiger partial charge < -0.3 is 9.47 Å². The summed E-state index contributed by atoms with van der Waals surface area (Å²) in [6.45, 7) is 0. The minimum absolute atomic E-state index is 0.414. The van der Waals surface area contributed by atoms with Crippen molar-refractivity contribution in [2.45, 2.75) is 0 Å². The first kappa shape index (κ1) is 19.2. The van der Waals surface area contributed by atoms with E-state index in [0.717, 1.165) is 38.1 Å². The third-order valence-corrected chi connectivity index (χ3v) is 5.82. The minimum atomic E-state index is -0.452. The minimum Gasteiger partial charge on any atom is -0.497 e. The number of nitrogens with zero attached hydrogens (tertiary/aromatic N) is 2. The van der Waals surface area contributed by atoms with Crippen LogP contribution in [0, 0.1) is 0 Å². The first-order valence-electron chi connectivity index (χ1n) is 10.6. The molecule has 0 radical (unpaired) electrons. The second-order valence-electron chi connectivity index (χ2n) is 7.78. The number of benzene rings is 5. The molecule has 0 bridgehead atoms. The number of rotatable bonds is 3. The third-order valence-electron chi connectivity index (χ3n) is 5.82. The van der Waals surface area contributed by atoms with Gasteiger partial charge in [-0.25, -0.2) is 14.8 Å². The summed E-state index contributed by atoms with van der Waals surface area (Å²) in [4.78, 5) is 22.6. The van der Waals surface area contributed by atoms with E-state index in [9.17, 15) is 4.79 Å². The van der Waals surface area contributed by atoms with Crippen LogP contribution in [0.1, 0.15) is 10.4 Å². The number of aromatic nitrogens is 2. The Balaban J connectivity index is 1.49. The second kappa shape index (κ2) is 7.57. The van der Waals surface area contributed by atoms with Crippen LogP contribution in [0.2, 0.25) is 0 Å². The van der Waals surface area contributed by atoms with E-state index in [0.29, 0.717) is 22.6 Å². The average molecular weight is 430 g/mol. The summed E-state index contributed by atoms with van der Waals surface area (Å²) in [5.41, 5.74) is 3.45. The van der Waals surface area contributed by atoms with Crippen molar-refractivity contribution in [3.63, 3.8) is 0 Å². The molecule has 0 saturated heterocycles. The van der Waals surface area contributed by atoms with Crippen molar-refractivity contribution in [2.24, 2.45) is 0 Å². The number of hydrogen-bond donors (Lipinski definition) is 0. The molecule has 158 valence electrons. The van der Waals surface area contributed by atoms with E-state index < -0.39 is 5.97 Å². The summed E-state index contributed by atoms with van der Waals surface area (Å²) in [6.07, 6.45) is 0. The van der Waals surface area contributed by atoms with Gasteiger partial charge in [-0.1, -0.05) is 48.5 Å². The van der Waals surface area contributed by atoms with Crippen LogP contribution >= 0.6 is 0 Å². The van der Waals surface area contributed by atoms with Crippen LogP contribution in [0.5, 0.6) is 11.5 Å². The van der Waals surface area contributed by atoms with E-state index in [1.54, 1.807) is 43.5 Å². The predicted molar refractivity (Wildman–Crippen MR) is 130 cm³/mol. The van der Waals surface area contributed by atoms with Gasteiger partial charge in [0.15, 0.2) is 0 Å². The molecule has 1 heterocycles. The Morgan fingerprint density at radius 1 is 0.636 bits per heavy atom. The zero-order chi connectivity index (χ0) is 22.4. The van der Waals surface area contributed by atoms with E-state index in [1.165, 1.54) is 0 Å². The maximum Gasteiger partial charge on any atom is 0.343 e. The summed E-state index contributed by atoms with van der Waals surface area (Å²) >= 11 is 0. The maximum absolute atomic E-state index is 12.8. The van der Waals surface area contributed by atoms with Crippen molar-refractivity contribution in [2.75, 3.05) is 7.11 Å². The lowest BCUT2D eigenvalue weighted by Gasteiger charge is -2.10. The zero-order valence-corrected chi connectivity index (χ0v) is 17.8. The van der Waals surface area contributed by atoms with Crippen LogP contribution in [0.25, 0.3) is 43.6 Å². The molecule has 0 unspecified atom stereocenters. The highest BCUT2D eigenvalue weighted by Crippen LogP contribution is 2.34. The molecule has 0 aliphatic carbocycles. The maximum atomic E-state index is 12.8. The largest absolute Gasteiger partial charge is 0.497 e. The summed E-state index contributed by atoms with van der Waals surface area (Å²) < 4.78 is 10.7. The number of fused-ring (bicyclic) bond motifs is 7. The second-order valence-corrected chi connectivity index (χ2v) is 7.78. The highest BCUT2D eigenvalue weighted by Gasteiger charge is 2.14. The summed E-state index contributed by atoms with van der Waals surface area (Å²) in [7, 11) is 1.59.